The second-order valence-electron chi connectivity index (χ2n) is 4.24. The van der Waals surface area contributed by atoms with Crippen molar-refractivity contribution >= 4 is 11.6 Å². The predicted octanol–water partition coefficient (Wildman–Crippen LogP) is 3.12. The summed E-state index contributed by atoms with van der Waals surface area (Å²) in [6.45, 7) is 3.44. The molecular formula is C15H17ClN2O2. The van der Waals surface area contributed by atoms with Crippen molar-refractivity contribution in [3.8, 4) is 5.75 Å². The quantitative estimate of drug-likeness (QED) is 0.581. The smallest absolute Gasteiger partial charge is 0.125 e. The van der Waals surface area contributed by atoms with Crippen LogP contribution in [0.15, 0.2) is 36.7 Å². The molecule has 5 heteroatoms. The summed E-state index contributed by atoms with van der Waals surface area (Å²) < 4.78 is 11.2. The number of hydrogen-bond donors (Lipinski definition) is 0. The molecule has 0 atom stereocenters. The molecule has 0 unspecified atom stereocenters. The van der Waals surface area contributed by atoms with E-state index in [4.69, 9.17) is 21.1 Å². The molecule has 0 saturated carbocycles. The minimum absolute atomic E-state index is 0.388. The number of halogens is 1. The van der Waals surface area contributed by atoms with E-state index < -0.39 is 0 Å². The standard InChI is InChI=1S/C15H17ClN2O2/c1-12-14(10-16)18-7-5-15(12)20-9-8-19-11-13-4-2-3-6-17-13/h2-7H,8-11H2,1H3. The molecule has 0 aliphatic carbocycles. The lowest BCUT2D eigenvalue weighted by Crippen LogP contribution is -2.08. The van der Waals surface area contributed by atoms with Gasteiger partial charge in [-0.3, -0.25) is 9.97 Å². The third kappa shape index (κ3) is 4.18. The predicted molar refractivity (Wildman–Crippen MR) is 77.9 cm³/mol. The summed E-state index contributed by atoms with van der Waals surface area (Å²) >= 11 is 5.81. The molecule has 0 fully saturated rings. The van der Waals surface area contributed by atoms with Gasteiger partial charge in [-0.1, -0.05) is 6.07 Å². The Bertz CT molecular complexity index is 535. The zero-order valence-corrected chi connectivity index (χ0v) is 12.1. The summed E-state index contributed by atoms with van der Waals surface area (Å²) in [5, 5.41) is 0. The van der Waals surface area contributed by atoms with E-state index in [0.29, 0.717) is 25.7 Å². The van der Waals surface area contributed by atoms with Crippen molar-refractivity contribution in [2.24, 2.45) is 0 Å². The third-order valence-corrected chi connectivity index (χ3v) is 3.10. The Morgan fingerprint density at radius 2 is 2.00 bits per heavy atom. The van der Waals surface area contributed by atoms with Gasteiger partial charge in [0.1, 0.15) is 12.4 Å². The normalized spacial score (nSPS) is 10.5. The maximum Gasteiger partial charge on any atom is 0.125 e. The van der Waals surface area contributed by atoms with E-state index in [9.17, 15) is 0 Å². The van der Waals surface area contributed by atoms with Gasteiger partial charge >= 0.3 is 0 Å². The molecule has 106 valence electrons. The molecule has 2 heterocycles. The van der Waals surface area contributed by atoms with E-state index in [2.05, 4.69) is 9.97 Å². The number of hydrogen-bond acceptors (Lipinski definition) is 4. The fourth-order valence-corrected chi connectivity index (χ4v) is 1.99. The Hall–Kier alpha value is -1.65. The van der Waals surface area contributed by atoms with Crippen molar-refractivity contribution in [3.63, 3.8) is 0 Å². The summed E-state index contributed by atoms with van der Waals surface area (Å²) in [7, 11) is 0. The molecule has 0 aromatic carbocycles. The van der Waals surface area contributed by atoms with Crippen LogP contribution in [0.3, 0.4) is 0 Å². The van der Waals surface area contributed by atoms with Crippen LogP contribution in [0, 0.1) is 6.92 Å². The van der Waals surface area contributed by atoms with Crippen LogP contribution >= 0.6 is 11.6 Å². The van der Waals surface area contributed by atoms with Gasteiger partial charge in [-0.05, 0) is 25.1 Å². The van der Waals surface area contributed by atoms with Gasteiger partial charge in [0, 0.05) is 18.0 Å². The highest BCUT2D eigenvalue weighted by Gasteiger charge is 2.05. The first-order valence-electron chi connectivity index (χ1n) is 6.42. The molecule has 0 aliphatic heterocycles. The van der Waals surface area contributed by atoms with Crippen molar-refractivity contribution in [1.82, 2.24) is 9.97 Å². The minimum atomic E-state index is 0.388. The minimum Gasteiger partial charge on any atom is -0.491 e. The zero-order valence-electron chi connectivity index (χ0n) is 11.4. The molecule has 0 bridgehead atoms. The average Bonchev–Trinajstić information content (AvgIpc) is 2.49. The van der Waals surface area contributed by atoms with E-state index in [1.807, 2.05) is 31.2 Å². The highest BCUT2D eigenvalue weighted by Crippen LogP contribution is 2.20. The summed E-state index contributed by atoms with van der Waals surface area (Å²) in [5.74, 6) is 1.19. The largest absolute Gasteiger partial charge is 0.491 e. The Morgan fingerprint density at radius 3 is 2.75 bits per heavy atom. The maximum absolute atomic E-state index is 5.81. The number of aromatic nitrogens is 2. The van der Waals surface area contributed by atoms with Crippen LogP contribution in [0.1, 0.15) is 17.0 Å². The first-order valence-corrected chi connectivity index (χ1v) is 6.95. The van der Waals surface area contributed by atoms with Gasteiger partial charge in [-0.25, -0.2) is 0 Å². The molecule has 0 amide bonds. The highest BCUT2D eigenvalue weighted by atomic mass is 35.5. The molecule has 2 aromatic heterocycles. The van der Waals surface area contributed by atoms with Crippen LogP contribution in [0.4, 0.5) is 0 Å². The zero-order chi connectivity index (χ0) is 14.2. The molecule has 0 saturated heterocycles. The summed E-state index contributed by atoms with van der Waals surface area (Å²) in [6.07, 6.45) is 3.46. The van der Waals surface area contributed by atoms with Gasteiger partial charge in [0.15, 0.2) is 0 Å². The summed E-state index contributed by atoms with van der Waals surface area (Å²) in [5.41, 5.74) is 2.74. The van der Waals surface area contributed by atoms with Gasteiger partial charge in [0.25, 0.3) is 0 Å². The van der Waals surface area contributed by atoms with E-state index >= 15 is 0 Å². The molecule has 4 nitrogen and oxygen atoms in total. The molecular weight excluding hydrogens is 276 g/mol. The van der Waals surface area contributed by atoms with Crippen molar-refractivity contribution in [2.75, 3.05) is 13.2 Å². The van der Waals surface area contributed by atoms with Crippen molar-refractivity contribution in [1.29, 1.82) is 0 Å². The lowest BCUT2D eigenvalue weighted by atomic mass is 10.2. The van der Waals surface area contributed by atoms with Gasteiger partial charge in [-0.15, -0.1) is 11.6 Å². The van der Waals surface area contributed by atoms with Gasteiger partial charge in [-0.2, -0.15) is 0 Å². The average molecular weight is 293 g/mol. The number of pyridine rings is 2. The second-order valence-corrected chi connectivity index (χ2v) is 4.50. The second kappa shape index (κ2) is 7.82. The fraction of sp³-hybridized carbons (Fsp3) is 0.333. The molecule has 0 N–H and O–H groups in total. The van der Waals surface area contributed by atoms with Crippen LogP contribution in [0.5, 0.6) is 5.75 Å². The summed E-state index contributed by atoms with van der Waals surface area (Å²) in [4.78, 5) is 8.37. The van der Waals surface area contributed by atoms with Crippen LogP contribution in [-0.4, -0.2) is 23.2 Å². The first-order chi connectivity index (χ1) is 9.81. The SMILES string of the molecule is Cc1c(OCCOCc2ccccn2)ccnc1CCl. The van der Waals surface area contributed by atoms with Crippen molar-refractivity contribution in [2.45, 2.75) is 19.4 Å². The Morgan fingerprint density at radius 1 is 1.10 bits per heavy atom. The molecule has 2 aromatic rings. The Balaban J connectivity index is 1.74. The first kappa shape index (κ1) is 14.8. The maximum atomic E-state index is 5.81. The van der Waals surface area contributed by atoms with Crippen LogP contribution in [0.2, 0.25) is 0 Å². The summed E-state index contributed by atoms with van der Waals surface area (Å²) in [6, 6.07) is 7.59. The number of nitrogens with zero attached hydrogens (tertiary/aromatic N) is 2. The van der Waals surface area contributed by atoms with Crippen LogP contribution < -0.4 is 4.74 Å². The van der Waals surface area contributed by atoms with Crippen molar-refractivity contribution in [3.05, 3.63) is 53.6 Å². The monoisotopic (exact) mass is 292 g/mol. The number of rotatable bonds is 7. The van der Waals surface area contributed by atoms with E-state index in [1.165, 1.54) is 0 Å². The number of ether oxygens (including phenoxy) is 2. The lowest BCUT2D eigenvalue weighted by Gasteiger charge is -2.11. The van der Waals surface area contributed by atoms with Crippen LogP contribution in [-0.2, 0) is 17.2 Å². The third-order valence-electron chi connectivity index (χ3n) is 2.85. The van der Waals surface area contributed by atoms with Crippen molar-refractivity contribution < 1.29 is 9.47 Å². The highest BCUT2D eigenvalue weighted by molar-refractivity contribution is 6.17. The topological polar surface area (TPSA) is 44.2 Å². The van der Waals surface area contributed by atoms with Crippen LogP contribution in [0.25, 0.3) is 0 Å². The van der Waals surface area contributed by atoms with E-state index in [-0.39, 0.29) is 0 Å². The molecule has 0 radical (unpaired) electrons. The molecule has 0 aliphatic rings. The Labute approximate surface area is 123 Å². The molecule has 20 heavy (non-hydrogen) atoms. The molecule has 2 rings (SSSR count). The van der Waals surface area contributed by atoms with E-state index in [0.717, 1.165) is 22.7 Å². The Kier molecular flexibility index (Phi) is 5.77. The van der Waals surface area contributed by atoms with Gasteiger partial charge in [0.2, 0.25) is 0 Å². The van der Waals surface area contributed by atoms with Gasteiger partial charge < -0.3 is 9.47 Å². The van der Waals surface area contributed by atoms with Gasteiger partial charge in [0.05, 0.1) is 30.5 Å². The molecule has 0 spiro atoms. The van der Waals surface area contributed by atoms with E-state index in [1.54, 1.807) is 12.4 Å². The lowest BCUT2D eigenvalue weighted by molar-refractivity contribution is 0.0867. The number of alkyl halides is 1. The fourth-order valence-electron chi connectivity index (χ4n) is 1.72.